The summed E-state index contributed by atoms with van der Waals surface area (Å²) in [5.74, 6) is 1.09. The van der Waals surface area contributed by atoms with Gasteiger partial charge in [0.2, 0.25) is 0 Å². The van der Waals surface area contributed by atoms with E-state index in [1.807, 2.05) is 37.3 Å². The molecule has 2 saturated heterocycles. The quantitative estimate of drug-likeness (QED) is 0.296. The van der Waals surface area contributed by atoms with Crippen molar-refractivity contribution in [3.8, 4) is 11.5 Å². The van der Waals surface area contributed by atoms with Gasteiger partial charge in [-0.25, -0.2) is 0 Å². The molecule has 1 amide bonds. The van der Waals surface area contributed by atoms with Crippen molar-refractivity contribution in [1.82, 2.24) is 4.90 Å². The van der Waals surface area contributed by atoms with E-state index < -0.39 is 0 Å². The van der Waals surface area contributed by atoms with E-state index in [1.54, 1.807) is 17.0 Å². The predicted octanol–water partition coefficient (Wildman–Crippen LogP) is 6.35. The third kappa shape index (κ3) is 6.03. The van der Waals surface area contributed by atoms with Gasteiger partial charge in [0, 0.05) is 22.2 Å². The van der Waals surface area contributed by atoms with Gasteiger partial charge >= 0.3 is 0 Å². The van der Waals surface area contributed by atoms with Crippen molar-refractivity contribution in [2.24, 2.45) is 0 Å². The molecule has 174 valence electrons. The minimum Gasteiger partial charge on any atom is -0.490 e. The van der Waals surface area contributed by atoms with Crippen LogP contribution in [-0.2, 0) is 16.1 Å². The highest BCUT2D eigenvalue weighted by atomic mass is 35.5. The summed E-state index contributed by atoms with van der Waals surface area (Å²) in [4.78, 5) is 15.1. The average Bonchev–Trinajstić information content (AvgIpc) is 3.39. The van der Waals surface area contributed by atoms with Crippen molar-refractivity contribution >= 4 is 63.5 Å². The molecular formula is C24H23Cl2NO4S2. The van der Waals surface area contributed by atoms with E-state index in [2.05, 4.69) is 0 Å². The lowest BCUT2D eigenvalue weighted by Crippen LogP contribution is -2.35. The number of carbonyl (C=O) groups is 1. The first-order valence-electron chi connectivity index (χ1n) is 10.6. The number of benzene rings is 2. The SMILES string of the molecule is CCOc1cc(/C=C2\SC(=S)N(C[C@@H]3CCCO3)C2=O)ccc1OCc1ccc(Cl)cc1Cl. The third-order valence-electron chi connectivity index (χ3n) is 5.25. The van der Waals surface area contributed by atoms with Gasteiger partial charge in [-0.1, -0.05) is 59.3 Å². The smallest absolute Gasteiger partial charge is 0.266 e. The van der Waals surface area contributed by atoms with Crippen LogP contribution in [0.5, 0.6) is 11.5 Å². The van der Waals surface area contributed by atoms with Crippen molar-refractivity contribution in [3.05, 3.63) is 62.5 Å². The van der Waals surface area contributed by atoms with E-state index in [0.717, 1.165) is 30.6 Å². The molecule has 0 bridgehead atoms. The molecule has 1 atom stereocenters. The largest absolute Gasteiger partial charge is 0.490 e. The van der Waals surface area contributed by atoms with Gasteiger partial charge in [0.25, 0.3) is 5.91 Å². The van der Waals surface area contributed by atoms with Gasteiger partial charge in [-0.2, -0.15) is 0 Å². The van der Waals surface area contributed by atoms with Gasteiger partial charge in [-0.05, 0) is 55.7 Å². The molecule has 0 saturated carbocycles. The number of ether oxygens (including phenoxy) is 3. The number of thiocarbonyl (C=S) groups is 1. The first-order chi connectivity index (χ1) is 15.9. The maximum Gasteiger partial charge on any atom is 0.266 e. The number of hydrogen-bond donors (Lipinski definition) is 0. The zero-order valence-corrected chi connectivity index (χ0v) is 21.2. The molecule has 2 fully saturated rings. The second-order valence-corrected chi connectivity index (χ2v) is 10.1. The molecule has 0 N–H and O–H groups in total. The van der Waals surface area contributed by atoms with E-state index in [4.69, 9.17) is 49.6 Å². The number of carbonyl (C=O) groups excluding carboxylic acids is 1. The molecule has 0 radical (unpaired) electrons. The lowest BCUT2D eigenvalue weighted by atomic mass is 10.1. The predicted molar refractivity (Wildman–Crippen MR) is 137 cm³/mol. The molecule has 0 spiro atoms. The van der Waals surface area contributed by atoms with Crippen LogP contribution in [0.2, 0.25) is 10.0 Å². The van der Waals surface area contributed by atoms with Gasteiger partial charge in [0.05, 0.1) is 24.2 Å². The molecule has 2 aromatic carbocycles. The van der Waals surface area contributed by atoms with Crippen LogP contribution in [0.1, 0.15) is 30.9 Å². The number of rotatable bonds is 8. The number of hydrogen-bond acceptors (Lipinski definition) is 6. The van der Waals surface area contributed by atoms with Gasteiger partial charge in [-0.3, -0.25) is 9.69 Å². The number of halogens is 2. The van der Waals surface area contributed by atoms with Crippen LogP contribution in [0.3, 0.4) is 0 Å². The summed E-state index contributed by atoms with van der Waals surface area (Å²) >= 11 is 19.0. The van der Waals surface area contributed by atoms with Gasteiger partial charge in [0.1, 0.15) is 10.9 Å². The molecule has 2 aliphatic heterocycles. The molecule has 9 heteroatoms. The van der Waals surface area contributed by atoms with Crippen molar-refractivity contribution in [1.29, 1.82) is 0 Å². The van der Waals surface area contributed by atoms with Crippen LogP contribution in [0.15, 0.2) is 41.3 Å². The Labute approximate surface area is 213 Å². The minimum absolute atomic E-state index is 0.0574. The second kappa shape index (κ2) is 11.1. The van der Waals surface area contributed by atoms with E-state index in [9.17, 15) is 4.79 Å². The monoisotopic (exact) mass is 523 g/mol. The van der Waals surface area contributed by atoms with Crippen LogP contribution in [0.4, 0.5) is 0 Å². The van der Waals surface area contributed by atoms with Crippen molar-refractivity contribution in [3.63, 3.8) is 0 Å². The summed E-state index contributed by atoms with van der Waals surface area (Å²) < 4.78 is 18.0. The number of amides is 1. The topological polar surface area (TPSA) is 48.0 Å². The molecular weight excluding hydrogens is 501 g/mol. The van der Waals surface area contributed by atoms with E-state index >= 15 is 0 Å². The minimum atomic E-state index is -0.0869. The summed E-state index contributed by atoms with van der Waals surface area (Å²) in [5, 5.41) is 1.12. The summed E-state index contributed by atoms with van der Waals surface area (Å²) in [6.07, 6.45) is 3.86. The highest BCUT2D eigenvalue weighted by Gasteiger charge is 2.34. The molecule has 2 heterocycles. The molecule has 4 rings (SSSR count). The maximum absolute atomic E-state index is 12.9. The fourth-order valence-corrected chi connectivity index (χ4v) is 5.34. The highest BCUT2D eigenvalue weighted by Crippen LogP contribution is 2.36. The highest BCUT2D eigenvalue weighted by molar-refractivity contribution is 8.26. The van der Waals surface area contributed by atoms with Crippen LogP contribution in [0.25, 0.3) is 6.08 Å². The van der Waals surface area contributed by atoms with Crippen molar-refractivity contribution in [2.45, 2.75) is 32.5 Å². The Morgan fingerprint density at radius 2 is 2.06 bits per heavy atom. The number of thioether (sulfide) groups is 1. The van der Waals surface area contributed by atoms with Gasteiger partial charge in [0.15, 0.2) is 11.5 Å². The van der Waals surface area contributed by atoms with Gasteiger partial charge in [-0.15, -0.1) is 0 Å². The first-order valence-corrected chi connectivity index (χ1v) is 12.6. The lowest BCUT2D eigenvalue weighted by Gasteiger charge is -2.18. The standard InChI is InChI=1S/C24H23Cl2NO4S2/c1-2-29-21-10-15(5-8-20(21)31-14-16-6-7-17(25)12-19(16)26)11-22-23(28)27(24(32)33-22)13-18-4-3-9-30-18/h5-8,10-12,18H,2-4,9,13-14H2,1H3/b22-11-/t18-/m0/s1. The molecule has 0 aromatic heterocycles. The summed E-state index contributed by atoms with van der Waals surface area (Å²) in [6, 6.07) is 10.9. The Balaban J connectivity index is 1.49. The summed E-state index contributed by atoms with van der Waals surface area (Å²) in [6.45, 7) is 3.91. The molecule has 5 nitrogen and oxygen atoms in total. The maximum atomic E-state index is 12.9. The summed E-state index contributed by atoms with van der Waals surface area (Å²) in [7, 11) is 0. The Kier molecular flexibility index (Phi) is 8.20. The first kappa shape index (κ1) is 24.4. The molecule has 2 aromatic rings. The van der Waals surface area contributed by atoms with Crippen LogP contribution >= 0.6 is 47.2 Å². The van der Waals surface area contributed by atoms with Gasteiger partial charge < -0.3 is 14.2 Å². The zero-order valence-electron chi connectivity index (χ0n) is 18.0. The van der Waals surface area contributed by atoms with Crippen molar-refractivity contribution in [2.75, 3.05) is 19.8 Å². The van der Waals surface area contributed by atoms with E-state index in [1.165, 1.54) is 11.8 Å². The fourth-order valence-electron chi connectivity index (χ4n) is 3.60. The fraction of sp³-hybridized carbons (Fsp3) is 0.333. The average molecular weight is 524 g/mol. The second-order valence-electron chi connectivity index (χ2n) is 7.59. The Bertz CT molecular complexity index is 1090. The van der Waals surface area contributed by atoms with Crippen LogP contribution in [0, 0.1) is 0 Å². The van der Waals surface area contributed by atoms with E-state index in [-0.39, 0.29) is 18.6 Å². The lowest BCUT2D eigenvalue weighted by molar-refractivity contribution is -0.123. The van der Waals surface area contributed by atoms with Crippen LogP contribution in [-0.4, -0.2) is 41.0 Å². The Morgan fingerprint density at radius 1 is 1.21 bits per heavy atom. The number of nitrogens with zero attached hydrogens (tertiary/aromatic N) is 1. The normalized spacial score (nSPS) is 19.5. The Morgan fingerprint density at radius 3 is 2.79 bits per heavy atom. The van der Waals surface area contributed by atoms with Crippen LogP contribution < -0.4 is 9.47 Å². The molecule has 33 heavy (non-hydrogen) atoms. The molecule has 0 unspecified atom stereocenters. The zero-order chi connectivity index (χ0) is 23.4. The van der Waals surface area contributed by atoms with Crippen molar-refractivity contribution < 1.29 is 19.0 Å². The molecule has 2 aliphatic rings. The third-order valence-corrected chi connectivity index (χ3v) is 7.21. The molecule has 0 aliphatic carbocycles. The van der Waals surface area contributed by atoms with E-state index in [0.29, 0.717) is 43.9 Å². The summed E-state index contributed by atoms with van der Waals surface area (Å²) in [5.41, 5.74) is 1.65. The Hall–Kier alpha value is -1.77.